The monoisotopic (exact) mass is 385 g/mol. The number of anilines is 1. The normalized spacial score (nSPS) is 10.9. The third-order valence-corrected chi connectivity index (χ3v) is 5.23. The summed E-state index contributed by atoms with van der Waals surface area (Å²) < 4.78 is 2.18. The Kier molecular flexibility index (Phi) is 7.02. The maximum Gasteiger partial charge on any atom is 0.234 e. The lowest BCUT2D eigenvalue weighted by Gasteiger charge is -2.10. The number of benzene rings is 1. The average Bonchev–Trinajstić information content (AvgIpc) is 2.81. The molecule has 4 nitrogen and oxygen atoms in total. The van der Waals surface area contributed by atoms with Crippen LogP contribution < -0.4 is 5.32 Å². The van der Waals surface area contributed by atoms with E-state index >= 15 is 0 Å². The van der Waals surface area contributed by atoms with Crippen molar-refractivity contribution >= 4 is 46.6 Å². The van der Waals surface area contributed by atoms with E-state index in [9.17, 15) is 4.79 Å². The molecule has 0 saturated carbocycles. The van der Waals surface area contributed by atoms with Crippen LogP contribution in [-0.4, -0.2) is 21.2 Å². The van der Waals surface area contributed by atoms with Gasteiger partial charge >= 0.3 is 0 Å². The molecule has 24 heavy (non-hydrogen) atoms. The zero-order chi connectivity index (χ0) is 17.7. The van der Waals surface area contributed by atoms with E-state index in [4.69, 9.17) is 23.2 Å². The molecule has 2 rings (SSSR count). The van der Waals surface area contributed by atoms with E-state index in [1.807, 2.05) is 6.92 Å². The highest BCUT2D eigenvalue weighted by atomic mass is 35.5. The molecule has 1 aromatic heterocycles. The van der Waals surface area contributed by atoms with Gasteiger partial charge in [0, 0.05) is 17.3 Å². The number of nitrogens with zero attached hydrogens (tertiary/aromatic N) is 2. The highest BCUT2D eigenvalue weighted by molar-refractivity contribution is 7.99. The lowest BCUT2D eigenvalue weighted by molar-refractivity contribution is -0.113. The van der Waals surface area contributed by atoms with Gasteiger partial charge in [-0.2, -0.15) is 0 Å². The minimum Gasteiger partial charge on any atom is -0.324 e. The van der Waals surface area contributed by atoms with Gasteiger partial charge in [0.2, 0.25) is 5.91 Å². The molecule has 130 valence electrons. The number of imidazole rings is 1. The lowest BCUT2D eigenvalue weighted by atomic mass is 10.3. The van der Waals surface area contributed by atoms with Crippen LogP contribution in [-0.2, 0) is 11.3 Å². The molecule has 0 saturated heterocycles. The molecule has 0 atom stereocenters. The van der Waals surface area contributed by atoms with E-state index in [0.29, 0.717) is 15.7 Å². The van der Waals surface area contributed by atoms with Crippen molar-refractivity contribution in [3.63, 3.8) is 0 Å². The first-order valence-corrected chi connectivity index (χ1v) is 9.58. The van der Waals surface area contributed by atoms with Crippen LogP contribution in [0.4, 0.5) is 5.69 Å². The van der Waals surface area contributed by atoms with E-state index < -0.39 is 0 Å². The van der Waals surface area contributed by atoms with Gasteiger partial charge in [0.15, 0.2) is 5.16 Å². The van der Waals surface area contributed by atoms with Gasteiger partial charge in [0.1, 0.15) is 0 Å². The third-order valence-electron chi connectivity index (χ3n) is 3.69. The molecule has 1 aromatic carbocycles. The van der Waals surface area contributed by atoms with E-state index in [1.54, 1.807) is 18.2 Å². The zero-order valence-corrected chi connectivity index (χ0v) is 16.4. The van der Waals surface area contributed by atoms with Gasteiger partial charge in [-0.3, -0.25) is 4.79 Å². The van der Waals surface area contributed by atoms with Crippen LogP contribution in [0.3, 0.4) is 0 Å². The maximum atomic E-state index is 12.2. The largest absolute Gasteiger partial charge is 0.324 e. The Hall–Kier alpha value is -1.17. The molecule has 1 heterocycles. The van der Waals surface area contributed by atoms with E-state index in [2.05, 4.69) is 28.7 Å². The van der Waals surface area contributed by atoms with Crippen LogP contribution in [0.15, 0.2) is 23.4 Å². The van der Waals surface area contributed by atoms with Gasteiger partial charge in [0.05, 0.1) is 22.2 Å². The number of unbranched alkanes of at least 4 members (excludes halogenated alkanes) is 1. The molecule has 0 bridgehead atoms. The summed E-state index contributed by atoms with van der Waals surface area (Å²) in [6.45, 7) is 7.14. The number of hydrogen-bond donors (Lipinski definition) is 1. The van der Waals surface area contributed by atoms with E-state index in [1.165, 1.54) is 11.8 Å². The van der Waals surface area contributed by atoms with Gasteiger partial charge in [0.25, 0.3) is 0 Å². The number of aryl methyl sites for hydroxylation is 1. The number of halogens is 2. The standard InChI is InChI=1S/C17H21Cl2N3OS/c1-4-5-8-22-12(3)11(2)20-17(22)24-10-16(23)21-15-9-13(18)6-7-14(15)19/h6-7,9H,4-5,8,10H2,1-3H3,(H,21,23). The van der Waals surface area contributed by atoms with Crippen molar-refractivity contribution in [2.75, 3.05) is 11.1 Å². The predicted molar refractivity (Wildman–Crippen MR) is 102 cm³/mol. The first-order chi connectivity index (χ1) is 11.4. The van der Waals surface area contributed by atoms with E-state index in [-0.39, 0.29) is 11.7 Å². The van der Waals surface area contributed by atoms with Crippen LogP contribution in [0.2, 0.25) is 10.0 Å². The van der Waals surface area contributed by atoms with Crippen molar-refractivity contribution in [2.24, 2.45) is 0 Å². The van der Waals surface area contributed by atoms with Crippen molar-refractivity contribution < 1.29 is 4.79 Å². The molecule has 1 amide bonds. The number of aromatic nitrogens is 2. The van der Waals surface area contributed by atoms with Crippen molar-refractivity contribution in [3.05, 3.63) is 39.6 Å². The number of nitrogens with one attached hydrogen (secondary N) is 1. The number of carbonyl (C=O) groups is 1. The summed E-state index contributed by atoms with van der Waals surface area (Å²) in [5.41, 5.74) is 2.69. The summed E-state index contributed by atoms with van der Waals surface area (Å²) in [7, 11) is 0. The molecular weight excluding hydrogens is 365 g/mol. The first kappa shape index (κ1) is 19.2. The van der Waals surface area contributed by atoms with Gasteiger partial charge in [-0.05, 0) is 38.5 Å². The van der Waals surface area contributed by atoms with Crippen LogP contribution in [0, 0.1) is 13.8 Å². The Morgan fingerprint density at radius 1 is 1.33 bits per heavy atom. The topological polar surface area (TPSA) is 46.9 Å². The number of rotatable bonds is 7. The predicted octanol–water partition coefficient (Wildman–Crippen LogP) is 5.34. The third kappa shape index (κ3) is 4.91. The fraction of sp³-hybridized carbons (Fsp3) is 0.412. The molecule has 7 heteroatoms. The Morgan fingerprint density at radius 3 is 2.79 bits per heavy atom. The Labute approximate surface area is 156 Å². The van der Waals surface area contributed by atoms with Crippen molar-refractivity contribution in [2.45, 2.75) is 45.3 Å². The zero-order valence-electron chi connectivity index (χ0n) is 14.0. The Morgan fingerprint density at radius 2 is 2.08 bits per heavy atom. The molecule has 0 radical (unpaired) electrons. The second-order valence-electron chi connectivity index (χ2n) is 5.53. The van der Waals surface area contributed by atoms with E-state index in [0.717, 1.165) is 35.9 Å². The first-order valence-electron chi connectivity index (χ1n) is 7.83. The van der Waals surface area contributed by atoms with Crippen molar-refractivity contribution in [1.29, 1.82) is 0 Å². The summed E-state index contributed by atoms with van der Waals surface area (Å²) in [4.78, 5) is 16.8. The number of amides is 1. The second kappa shape index (κ2) is 8.79. The summed E-state index contributed by atoms with van der Waals surface area (Å²) in [6.07, 6.45) is 2.21. The Bertz CT molecular complexity index is 731. The quantitative estimate of drug-likeness (QED) is 0.654. The molecular formula is C17H21Cl2N3OS. The summed E-state index contributed by atoms with van der Waals surface area (Å²) in [5.74, 6) is 0.134. The van der Waals surface area contributed by atoms with Gasteiger partial charge in [-0.15, -0.1) is 0 Å². The number of carbonyl (C=O) groups excluding carboxylic acids is 1. The van der Waals surface area contributed by atoms with Gasteiger partial charge in [-0.1, -0.05) is 48.3 Å². The molecule has 0 aliphatic carbocycles. The highest BCUT2D eigenvalue weighted by Crippen LogP contribution is 2.26. The molecule has 2 aromatic rings. The SMILES string of the molecule is CCCCn1c(SCC(=O)Nc2cc(Cl)ccc2Cl)nc(C)c1C. The summed E-state index contributed by atoms with van der Waals surface area (Å²) in [6, 6.07) is 4.99. The summed E-state index contributed by atoms with van der Waals surface area (Å²) >= 11 is 13.4. The molecule has 0 fully saturated rings. The molecule has 0 aliphatic rings. The molecule has 1 N–H and O–H groups in total. The van der Waals surface area contributed by atoms with Gasteiger partial charge in [-0.25, -0.2) is 4.98 Å². The fourth-order valence-electron chi connectivity index (χ4n) is 2.22. The maximum absolute atomic E-state index is 12.2. The van der Waals surface area contributed by atoms with Crippen molar-refractivity contribution in [3.8, 4) is 0 Å². The Balaban J connectivity index is 2.01. The van der Waals surface area contributed by atoms with Crippen molar-refractivity contribution in [1.82, 2.24) is 9.55 Å². The van der Waals surface area contributed by atoms with Crippen LogP contribution >= 0.6 is 35.0 Å². The van der Waals surface area contributed by atoms with Crippen LogP contribution in [0.1, 0.15) is 31.2 Å². The second-order valence-corrected chi connectivity index (χ2v) is 7.32. The fourth-order valence-corrected chi connectivity index (χ4v) is 3.48. The lowest BCUT2D eigenvalue weighted by Crippen LogP contribution is -2.15. The number of hydrogen-bond acceptors (Lipinski definition) is 3. The highest BCUT2D eigenvalue weighted by Gasteiger charge is 2.14. The molecule has 0 spiro atoms. The summed E-state index contributed by atoms with van der Waals surface area (Å²) in [5, 5.41) is 4.67. The average molecular weight is 386 g/mol. The molecule has 0 unspecified atom stereocenters. The van der Waals surface area contributed by atoms with Crippen LogP contribution in [0.25, 0.3) is 0 Å². The minimum absolute atomic E-state index is 0.135. The minimum atomic E-state index is -0.135. The number of thioether (sulfide) groups is 1. The smallest absolute Gasteiger partial charge is 0.234 e. The van der Waals surface area contributed by atoms with Gasteiger partial charge < -0.3 is 9.88 Å². The van der Waals surface area contributed by atoms with Crippen LogP contribution in [0.5, 0.6) is 0 Å². The molecule has 0 aliphatic heterocycles.